The fourth-order valence-electron chi connectivity index (χ4n) is 2.08. The number of halogens is 2. The second-order valence-electron chi connectivity index (χ2n) is 4.66. The number of aromatic nitrogens is 3. The van der Waals surface area contributed by atoms with Crippen LogP contribution in [0.15, 0.2) is 47.6 Å². The van der Waals surface area contributed by atoms with E-state index in [0.29, 0.717) is 26.8 Å². The molecule has 0 radical (unpaired) electrons. The van der Waals surface area contributed by atoms with Crippen molar-refractivity contribution in [2.75, 3.05) is 7.11 Å². The number of methoxy groups -OCH3 is 1. The topological polar surface area (TPSA) is 50.8 Å². The molecule has 1 aromatic heterocycles. The van der Waals surface area contributed by atoms with E-state index >= 15 is 0 Å². The zero-order chi connectivity index (χ0) is 16.2. The van der Waals surface area contributed by atoms with Gasteiger partial charge in [-0.25, -0.2) is 4.98 Å². The van der Waals surface area contributed by atoms with Crippen LogP contribution in [-0.2, 0) is 5.75 Å². The lowest BCUT2D eigenvalue weighted by Crippen LogP contribution is -1.88. The number of ether oxygens (including phenoxy) is 1. The highest BCUT2D eigenvalue weighted by Gasteiger charge is 2.12. The minimum atomic E-state index is 0.599. The molecule has 3 aromatic rings. The smallest absolute Gasteiger partial charge is 0.209 e. The summed E-state index contributed by atoms with van der Waals surface area (Å²) >= 11 is 13.8. The minimum Gasteiger partial charge on any atom is -0.496 e. The van der Waals surface area contributed by atoms with E-state index in [0.717, 1.165) is 16.9 Å². The molecule has 3 rings (SSSR count). The average Bonchev–Trinajstić information content (AvgIpc) is 3.03. The van der Waals surface area contributed by atoms with Crippen molar-refractivity contribution < 1.29 is 4.74 Å². The van der Waals surface area contributed by atoms with Gasteiger partial charge in [0, 0.05) is 15.8 Å². The average molecular weight is 366 g/mol. The number of aromatic amines is 1. The number of nitrogens with zero attached hydrogens (tertiary/aromatic N) is 2. The van der Waals surface area contributed by atoms with Crippen molar-refractivity contribution in [3.8, 4) is 17.1 Å². The molecule has 0 aliphatic carbocycles. The molecule has 23 heavy (non-hydrogen) atoms. The summed E-state index contributed by atoms with van der Waals surface area (Å²) in [5.74, 6) is 2.01. The first-order valence-corrected chi connectivity index (χ1v) is 8.54. The molecule has 1 N–H and O–H groups in total. The summed E-state index contributed by atoms with van der Waals surface area (Å²) in [5.41, 5.74) is 1.75. The van der Waals surface area contributed by atoms with E-state index in [4.69, 9.17) is 27.9 Å². The molecular weight excluding hydrogens is 353 g/mol. The lowest BCUT2D eigenvalue weighted by Gasteiger charge is -2.05. The fourth-order valence-corrected chi connectivity index (χ4v) is 3.62. The van der Waals surface area contributed by atoms with Gasteiger partial charge in [0.25, 0.3) is 0 Å². The number of para-hydroxylation sites is 1. The van der Waals surface area contributed by atoms with Crippen LogP contribution in [0.1, 0.15) is 5.56 Å². The quantitative estimate of drug-likeness (QED) is 0.640. The number of H-pyrrole nitrogens is 1. The molecule has 0 amide bonds. The van der Waals surface area contributed by atoms with Gasteiger partial charge in [0.15, 0.2) is 5.82 Å². The Morgan fingerprint density at radius 1 is 1.09 bits per heavy atom. The number of benzene rings is 2. The Morgan fingerprint density at radius 2 is 1.83 bits per heavy atom. The van der Waals surface area contributed by atoms with Crippen LogP contribution in [0.2, 0.25) is 10.0 Å². The van der Waals surface area contributed by atoms with Gasteiger partial charge < -0.3 is 4.74 Å². The monoisotopic (exact) mass is 365 g/mol. The van der Waals surface area contributed by atoms with Gasteiger partial charge in [-0.15, -0.1) is 5.10 Å². The molecule has 1 heterocycles. The maximum atomic E-state index is 6.17. The second kappa shape index (κ2) is 7.25. The predicted octanol–water partition coefficient (Wildman–Crippen LogP) is 5.08. The maximum Gasteiger partial charge on any atom is 0.209 e. The summed E-state index contributed by atoms with van der Waals surface area (Å²) in [6, 6.07) is 13.1. The van der Waals surface area contributed by atoms with Crippen LogP contribution in [0.3, 0.4) is 0 Å². The fraction of sp³-hybridized carbons (Fsp3) is 0.125. The lowest BCUT2D eigenvalue weighted by molar-refractivity contribution is 0.416. The van der Waals surface area contributed by atoms with Gasteiger partial charge in [-0.2, -0.15) is 0 Å². The largest absolute Gasteiger partial charge is 0.496 e. The van der Waals surface area contributed by atoms with E-state index in [1.54, 1.807) is 7.11 Å². The molecular formula is C16H13Cl2N3OS. The first-order valence-electron chi connectivity index (χ1n) is 6.80. The number of rotatable bonds is 5. The zero-order valence-electron chi connectivity index (χ0n) is 12.2. The first kappa shape index (κ1) is 16.2. The van der Waals surface area contributed by atoms with E-state index in [2.05, 4.69) is 15.2 Å². The number of nitrogens with one attached hydrogen (secondary N) is 1. The molecule has 0 saturated carbocycles. The molecule has 7 heteroatoms. The van der Waals surface area contributed by atoms with Gasteiger partial charge in [-0.05, 0) is 29.8 Å². The van der Waals surface area contributed by atoms with E-state index in [1.807, 2.05) is 42.5 Å². The van der Waals surface area contributed by atoms with Crippen LogP contribution >= 0.6 is 35.0 Å². The standard InChI is InChI=1S/C16H13Cl2N3OS/c1-22-14-8-3-2-5-10(14)15-19-16(21-20-15)23-9-11-12(17)6-4-7-13(11)18/h2-8H,9H2,1H3,(H,19,20,21). The molecule has 4 nitrogen and oxygen atoms in total. The molecule has 0 fully saturated rings. The van der Waals surface area contributed by atoms with Crippen molar-refractivity contribution in [2.24, 2.45) is 0 Å². The zero-order valence-corrected chi connectivity index (χ0v) is 14.5. The van der Waals surface area contributed by atoms with Crippen LogP contribution in [0, 0.1) is 0 Å². The van der Waals surface area contributed by atoms with Gasteiger partial charge in [-0.3, -0.25) is 5.10 Å². The molecule has 118 valence electrons. The third kappa shape index (κ3) is 3.63. The van der Waals surface area contributed by atoms with Crippen molar-refractivity contribution >= 4 is 35.0 Å². The summed E-state index contributed by atoms with van der Waals surface area (Å²) in [5, 5.41) is 9.08. The van der Waals surface area contributed by atoms with Gasteiger partial charge in [0.2, 0.25) is 5.16 Å². The summed E-state index contributed by atoms with van der Waals surface area (Å²) in [6.45, 7) is 0. The highest BCUT2D eigenvalue weighted by molar-refractivity contribution is 7.98. The number of hydrogen-bond acceptors (Lipinski definition) is 4. The van der Waals surface area contributed by atoms with Crippen LogP contribution in [-0.4, -0.2) is 22.3 Å². The van der Waals surface area contributed by atoms with Crippen molar-refractivity contribution in [1.82, 2.24) is 15.2 Å². The number of hydrogen-bond donors (Lipinski definition) is 1. The van der Waals surface area contributed by atoms with Crippen molar-refractivity contribution in [3.05, 3.63) is 58.1 Å². The molecule has 2 aromatic carbocycles. The normalized spacial score (nSPS) is 10.7. The Balaban J connectivity index is 1.78. The van der Waals surface area contributed by atoms with Crippen molar-refractivity contribution in [3.63, 3.8) is 0 Å². The van der Waals surface area contributed by atoms with E-state index in [-0.39, 0.29) is 0 Å². The van der Waals surface area contributed by atoms with Crippen molar-refractivity contribution in [2.45, 2.75) is 10.9 Å². The Morgan fingerprint density at radius 3 is 2.57 bits per heavy atom. The molecule has 0 aliphatic heterocycles. The first-order chi connectivity index (χ1) is 11.2. The van der Waals surface area contributed by atoms with Gasteiger partial charge >= 0.3 is 0 Å². The Kier molecular flexibility index (Phi) is 5.10. The highest BCUT2D eigenvalue weighted by atomic mass is 35.5. The van der Waals surface area contributed by atoms with Gasteiger partial charge in [-0.1, -0.05) is 53.2 Å². The Hall–Kier alpha value is -1.69. The van der Waals surface area contributed by atoms with Crippen LogP contribution in [0.5, 0.6) is 5.75 Å². The van der Waals surface area contributed by atoms with Gasteiger partial charge in [0.05, 0.1) is 12.7 Å². The molecule has 0 saturated heterocycles. The molecule has 0 aliphatic rings. The maximum absolute atomic E-state index is 6.17. The number of thioether (sulfide) groups is 1. The summed E-state index contributed by atoms with van der Waals surface area (Å²) < 4.78 is 5.34. The molecule has 0 bridgehead atoms. The third-order valence-corrected chi connectivity index (χ3v) is 4.82. The Labute approximate surface area is 148 Å². The SMILES string of the molecule is COc1ccccc1-c1nc(SCc2c(Cl)cccc2Cl)n[nH]1. The lowest BCUT2D eigenvalue weighted by atomic mass is 10.2. The second-order valence-corrected chi connectivity index (χ2v) is 6.41. The van der Waals surface area contributed by atoms with Crippen LogP contribution in [0.4, 0.5) is 0 Å². The van der Waals surface area contributed by atoms with Crippen LogP contribution in [0.25, 0.3) is 11.4 Å². The predicted molar refractivity (Wildman–Crippen MR) is 94.4 cm³/mol. The van der Waals surface area contributed by atoms with Gasteiger partial charge in [0.1, 0.15) is 5.75 Å². The van der Waals surface area contributed by atoms with E-state index in [1.165, 1.54) is 11.8 Å². The summed E-state index contributed by atoms with van der Waals surface area (Å²) in [6.07, 6.45) is 0. The van der Waals surface area contributed by atoms with Crippen LogP contribution < -0.4 is 4.74 Å². The molecule has 0 spiro atoms. The summed E-state index contributed by atoms with van der Waals surface area (Å²) in [7, 11) is 1.63. The minimum absolute atomic E-state index is 0.599. The van der Waals surface area contributed by atoms with E-state index in [9.17, 15) is 0 Å². The third-order valence-electron chi connectivity index (χ3n) is 3.23. The van der Waals surface area contributed by atoms with E-state index < -0.39 is 0 Å². The Bertz CT molecular complexity index is 802. The summed E-state index contributed by atoms with van der Waals surface area (Å²) in [4.78, 5) is 4.49. The highest BCUT2D eigenvalue weighted by Crippen LogP contribution is 2.32. The molecule has 0 atom stereocenters. The molecule has 0 unspecified atom stereocenters. The van der Waals surface area contributed by atoms with Crippen molar-refractivity contribution in [1.29, 1.82) is 0 Å².